The molecule has 0 bridgehead atoms. The number of aryl methyl sites for hydroxylation is 1. The lowest BCUT2D eigenvalue weighted by atomic mass is 10.1. The van der Waals surface area contributed by atoms with Gasteiger partial charge in [-0.1, -0.05) is 41.6 Å². The Kier molecular flexibility index (Phi) is 7.06. The molecule has 3 aromatic rings. The van der Waals surface area contributed by atoms with Gasteiger partial charge in [0.25, 0.3) is 5.56 Å². The molecule has 0 aliphatic carbocycles. The molecule has 0 aliphatic heterocycles. The van der Waals surface area contributed by atoms with Gasteiger partial charge in [0.1, 0.15) is 0 Å². The largest absolute Gasteiger partial charge is 0.465 e. The first kappa shape index (κ1) is 21.1. The van der Waals surface area contributed by atoms with Crippen LogP contribution in [-0.4, -0.2) is 36.3 Å². The number of hydrogen-bond acceptors (Lipinski definition) is 6. The first-order valence-corrected chi connectivity index (χ1v) is 10.3. The number of ether oxygens (including phenoxy) is 2. The van der Waals surface area contributed by atoms with Gasteiger partial charge in [-0.15, -0.1) is 0 Å². The van der Waals surface area contributed by atoms with Crippen LogP contribution in [0.5, 0.6) is 0 Å². The second kappa shape index (κ2) is 9.71. The number of thioether (sulfide) groups is 1. The van der Waals surface area contributed by atoms with E-state index in [1.165, 1.54) is 24.4 Å². The number of methoxy groups -OCH3 is 2. The summed E-state index contributed by atoms with van der Waals surface area (Å²) >= 11 is 1.51. The summed E-state index contributed by atoms with van der Waals surface area (Å²) in [6.07, 6.45) is 0.710. The second-order valence-corrected chi connectivity index (χ2v) is 7.64. The molecule has 0 N–H and O–H groups in total. The van der Waals surface area contributed by atoms with Gasteiger partial charge in [-0.2, -0.15) is 0 Å². The molecule has 152 valence electrons. The average molecular weight is 413 g/mol. The van der Waals surface area contributed by atoms with E-state index in [9.17, 15) is 9.59 Å². The van der Waals surface area contributed by atoms with Gasteiger partial charge in [0.15, 0.2) is 5.16 Å². The smallest absolute Gasteiger partial charge is 0.337 e. The Morgan fingerprint density at radius 1 is 1.14 bits per heavy atom. The minimum atomic E-state index is -0.452. The van der Waals surface area contributed by atoms with Gasteiger partial charge in [0.2, 0.25) is 0 Å². The molecule has 0 aliphatic rings. The third-order valence-corrected chi connectivity index (χ3v) is 5.61. The van der Waals surface area contributed by atoms with Crippen LogP contribution < -0.4 is 5.56 Å². The van der Waals surface area contributed by atoms with Crippen LogP contribution in [0.4, 0.5) is 0 Å². The van der Waals surface area contributed by atoms with Gasteiger partial charge in [-0.3, -0.25) is 9.36 Å². The number of benzene rings is 2. The van der Waals surface area contributed by atoms with Crippen LogP contribution in [0.2, 0.25) is 0 Å². The van der Waals surface area contributed by atoms with Crippen molar-refractivity contribution < 1.29 is 14.3 Å². The molecule has 1 heterocycles. The van der Waals surface area contributed by atoms with E-state index in [2.05, 4.69) is 24.3 Å². The van der Waals surface area contributed by atoms with E-state index < -0.39 is 5.97 Å². The Labute approximate surface area is 173 Å². The number of rotatable bonds is 8. The zero-order valence-corrected chi connectivity index (χ0v) is 17.6. The molecule has 0 radical (unpaired) electrons. The molecule has 0 fully saturated rings. The highest BCUT2D eigenvalue weighted by Gasteiger charge is 2.14. The first-order chi connectivity index (χ1) is 14.0. The van der Waals surface area contributed by atoms with Crippen LogP contribution in [0.15, 0.2) is 52.4 Å². The summed E-state index contributed by atoms with van der Waals surface area (Å²) < 4.78 is 11.6. The monoisotopic (exact) mass is 412 g/mol. The molecule has 0 atom stereocenters. The van der Waals surface area contributed by atoms with E-state index in [1.807, 2.05) is 6.92 Å². The highest BCUT2D eigenvalue weighted by molar-refractivity contribution is 7.98. The molecule has 0 spiro atoms. The van der Waals surface area contributed by atoms with Crippen LogP contribution in [-0.2, 0) is 21.8 Å². The fraction of sp³-hybridized carbons (Fsp3) is 0.318. The Morgan fingerprint density at radius 2 is 1.90 bits per heavy atom. The van der Waals surface area contributed by atoms with Crippen molar-refractivity contribution >= 4 is 28.6 Å². The zero-order valence-electron chi connectivity index (χ0n) is 16.8. The lowest BCUT2D eigenvalue weighted by Crippen LogP contribution is -2.24. The molecule has 0 saturated heterocycles. The van der Waals surface area contributed by atoms with Crippen molar-refractivity contribution in [3.63, 3.8) is 0 Å². The van der Waals surface area contributed by atoms with Crippen LogP contribution in [0.1, 0.15) is 27.9 Å². The molecule has 0 unspecified atom stereocenters. The third-order valence-electron chi connectivity index (χ3n) is 4.56. The maximum Gasteiger partial charge on any atom is 0.337 e. The fourth-order valence-electron chi connectivity index (χ4n) is 2.95. The van der Waals surface area contributed by atoms with Crippen LogP contribution in [0.25, 0.3) is 10.9 Å². The summed E-state index contributed by atoms with van der Waals surface area (Å²) in [6, 6.07) is 13.1. The lowest BCUT2D eigenvalue weighted by molar-refractivity contribution is 0.0601. The summed E-state index contributed by atoms with van der Waals surface area (Å²) in [5.74, 6) is 0.242. The number of esters is 1. The van der Waals surface area contributed by atoms with Crippen molar-refractivity contribution in [1.82, 2.24) is 9.55 Å². The summed E-state index contributed by atoms with van der Waals surface area (Å²) in [5, 5.41) is 1.11. The number of nitrogens with zero attached hydrogens (tertiary/aromatic N) is 2. The van der Waals surface area contributed by atoms with Crippen molar-refractivity contribution in [3.8, 4) is 0 Å². The van der Waals surface area contributed by atoms with Crippen LogP contribution in [0.3, 0.4) is 0 Å². The van der Waals surface area contributed by atoms with Crippen molar-refractivity contribution in [2.75, 3.05) is 20.8 Å². The quantitative estimate of drug-likeness (QED) is 0.242. The number of aromatic nitrogens is 2. The number of hydrogen-bond donors (Lipinski definition) is 0. The SMILES string of the molecule is COCCCn1c(SCc2ccc(C)cc2)nc2cc(C(=O)OC)ccc2c1=O. The Hall–Kier alpha value is -2.64. The maximum atomic E-state index is 13.1. The van der Waals surface area contributed by atoms with Crippen molar-refractivity contribution in [2.45, 2.75) is 30.8 Å². The van der Waals surface area contributed by atoms with E-state index in [1.54, 1.807) is 29.9 Å². The number of carbonyl (C=O) groups is 1. The average Bonchev–Trinajstić information content (AvgIpc) is 2.74. The predicted molar refractivity (Wildman–Crippen MR) is 115 cm³/mol. The molecule has 29 heavy (non-hydrogen) atoms. The number of carbonyl (C=O) groups excluding carboxylic acids is 1. The maximum absolute atomic E-state index is 13.1. The van der Waals surface area contributed by atoms with Crippen molar-refractivity contribution in [2.24, 2.45) is 0 Å². The molecule has 0 amide bonds. The molecular formula is C22H24N2O4S. The summed E-state index contributed by atoms with van der Waals surface area (Å²) in [4.78, 5) is 29.7. The minimum Gasteiger partial charge on any atom is -0.465 e. The Balaban J connectivity index is 1.99. The summed E-state index contributed by atoms with van der Waals surface area (Å²) in [5.41, 5.74) is 3.11. The van der Waals surface area contributed by atoms with E-state index >= 15 is 0 Å². The van der Waals surface area contributed by atoms with Crippen LogP contribution in [0, 0.1) is 6.92 Å². The van der Waals surface area contributed by atoms with Gasteiger partial charge < -0.3 is 9.47 Å². The molecule has 7 heteroatoms. The highest BCUT2D eigenvalue weighted by Crippen LogP contribution is 2.23. The lowest BCUT2D eigenvalue weighted by Gasteiger charge is -2.13. The molecule has 6 nitrogen and oxygen atoms in total. The third kappa shape index (κ3) is 5.05. The number of fused-ring (bicyclic) bond motifs is 1. The second-order valence-electron chi connectivity index (χ2n) is 6.70. The normalized spacial score (nSPS) is 11.0. The topological polar surface area (TPSA) is 70.4 Å². The van der Waals surface area contributed by atoms with Gasteiger partial charge in [0.05, 0.1) is 23.6 Å². The molecule has 3 rings (SSSR count). The van der Waals surface area contributed by atoms with Gasteiger partial charge in [0, 0.05) is 26.0 Å². The zero-order chi connectivity index (χ0) is 20.8. The molecule has 1 aromatic heterocycles. The highest BCUT2D eigenvalue weighted by atomic mass is 32.2. The molecular weight excluding hydrogens is 388 g/mol. The van der Waals surface area contributed by atoms with Gasteiger partial charge in [-0.05, 0) is 37.1 Å². The molecule has 0 saturated carbocycles. The van der Waals surface area contributed by atoms with E-state index in [4.69, 9.17) is 14.5 Å². The van der Waals surface area contributed by atoms with E-state index in [0.717, 1.165) is 5.56 Å². The standard InChI is InChI=1S/C22H24N2O4S/c1-15-5-7-16(8-6-15)14-29-22-23-19-13-17(21(26)28-3)9-10-18(19)20(25)24(22)11-4-12-27-2/h5-10,13H,4,11-12,14H2,1-3H3. The summed E-state index contributed by atoms with van der Waals surface area (Å²) in [7, 11) is 2.97. The molecule has 2 aromatic carbocycles. The van der Waals surface area contributed by atoms with Gasteiger partial charge >= 0.3 is 5.97 Å². The predicted octanol–water partition coefficient (Wildman–Crippen LogP) is 3.82. The van der Waals surface area contributed by atoms with E-state index in [0.29, 0.717) is 46.9 Å². The van der Waals surface area contributed by atoms with E-state index in [-0.39, 0.29) is 5.56 Å². The fourth-order valence-corrected chi connectivity index (χ4v) is 3.93. The Bertz CT molecular complexity index is 1060. The summed E-state index contributed by atoms with van der Waals surface area (Å²) in [6.45, 7) is 3.13. The van der Waals surface area contributed by atoms with Crippen LogP contribution >= 0.6 is 11.8 Å². The van der Waals surface area contributed by atoms with Crippen molar-refractivity contribution in [3.05, 3.63) is 69.5 Å². The first-order valence-electron chi connectivity index (χ1n) is 9.33. The minimum absolute atomic E-state index is 0.117. The van der Waals surface area contributed by atoms with Gasteiger partial charge in [-0.25, -0.2) is 9.78 Å². The Morgan fingerprint density at radius 3 is 2.59 bits per heavy atom. The van der Waals surface area contributed by atoms with Crippen molar-refractivity contribution in [1.29, 1.82) is 0 Å².